The minimum Gasteiger partial charge on any atom is -0.463 e. The summed E-state index contributed by atoms with van der Waals surface area (Å²) >= 11 is 0. The Labute approximate surface area is 165 Å². The van der Waals surface area contributed by atoms with Gasteiger partial charge in [0.05, 0.1) is 18.7 Å². The topological polar surface area (TPSA) is 59.1 Å². The first-order valence-electron chi connectivity index (χ1n) is 9.19. The molecule has 6 heteroatoms. The van der Waals surface area contributed by atoms with E-state index in [-0.39, 0.29) is 5.97 Å². The number of carbonyl (C=O) groups excluding carboxylic acids is 2. The smallest absolute Gasteiger partial charge is 0.414 e. The number of benzene rings is 2. The highest BCUT2D eigenvalue weighted by Crippen LogP contribution is 2.32. The summed E-state index contributed by atoms with van der Waals surface area (Å²) in [6.07, 6.45) is 1.92. The van der Waals surface area contributed by atoms with Gasteiger partial charge in [0.1, 0.15) is 5.75 Å². The van der Waals surface area contributed by atoms with Crippen LogP contribution in [0.1, 0.15) is 18.1 Å². The van der Waals surface area contributed by atoms with E-state index in [1.54, 1.807) is 27.1 Å². The molecular weight excluding hydrogens is 356 g/mol. The molecule has 0 fully saturated rings. The van der Waals surface area contributed by atoms with E-state index in [2.05, 4.69) is 0 Å². The third-order valence-electron chi connectivity index (χ3n) is 4.41. The highest BCUT2D eigenvalue weighted by molar-refractivity contribution is 5.91. The van der Waals surface area contributed by atoms with Crippen LogP contribution in [-0.2, 0) is 22.5 Å². The number of nitrogens with zero attached hydrogens (tertiary/aromatic N) is 2. The van der Waals surface area contributed by atoms with E-state index < -0.39 is 6.09 Å². The molecule has 0 aliphatic carbocycles. The molecule has 0 unspecified atom stereocenters. The standard InChI is InChI=1S/C22H24N2O4/c1-4-27-21(25)18-13-16-9-5-7-11-19(16)24(15-18)14-17-10-6-8-12-20(17)28-22(26)23(2)3/h5-12,15H,4,13-14H2,1-3H3. The van der Waals surface area contributed by atoms with Crippen LogP contribution in [0.3, 0.4) is 0 Å². The summed E-state index contributed by atoms with van der Waals surface area (Å²) in [6.45, 7) is 2.58. The summed E-state index contributed by atoms with van der Waals surface area (Å²) in [5, 5.41) is 0. The van der Waals surface area contributed by atoms with Crippen LogP contribution in [0.15, 0.2) is 60.3 Å². The van der Waals surface area contributed by atoms with E-state index in [1.807, 2.05) is 53.6 Å². The molecule has 0 bridgehead atoms. The largest absolute Gasteiger partial charge is 0.463 e. The second-order valence-corrected chi connectivity index (χ2v) is 6.68. The minimum absolute atomic E-state index is 0.311. The first-order valence-corrected chi connectivity index (χ1v) is 9.19. The Morgan fingerprint density at radius 3 is 2.54 bits per heavy atom. The Kier molecular flexibility index (Phi) is 5.99. The third-order valence-corrected chi connectivity index (χ3v) is 4.41. The maximum atomic E-state index is 12.3. The van der Waals surface area contributed by atoms with Gasteiger partial charge in [-0.2, -0.15) is 0 Å². The molecule has 2 aromatic rings. The molecule has 0 saturated carbocycles. The zero-order chi connectivity index (χ0) is 20.1. The lowest BCUT2D eigenvalue weighted by Crippen LogP contribution is -2.27. The molecule has 0 spiro atoms. The molecule has 28 heavy (non-hydrogen) atoms. The molecule has 1 aliphatic rings. The van der Waals surface area contributed by atoms with Gasteiger partial charge in [-0.05, 0) is 24.6 Å². The molecule has 0 atom stereocenters. The molecule has 0 radical (unpaired) electrons. The van der Waals surface area contributed by atoms with Crippen molar-refractivity contribution in [3.05, 3.63) is 71.4 Å². The molecule has 6 nitrogen and oxygen atoms in total. The van der Waals surface area contributed by atoms with Crippen molar-refractivity contribution in [3.63, 3.8) is 0 Å². The first-order chi connectivity index (χ1) is 13.5. The quantitative estimate of drug-likeness (QED) is 0.740. The van der Waals surface area contributed by atoms with Crippen LogP contribution < -0.4 is 9.64 Å². The summed E-state index contributed by atoms with van der Waals surface area (Å²) in [6, 6.07) is 15.3. The number of ether oxygens (including phenoxy) is 2. The Morgan fingerprint density at radius 2 is 1.79 bits per heavy atom. The number of rotatable bonds is 5. The van der Waals surface area contributed by atoms with E-state index in [4.69, 9.17) is 9.47 Å². The van der Waals surface area contributed by atoms with Crippen molar-refractivity contribution in [2.45, 2.75) is 19.9 Å². The van der Waals surface area contributed by atoms with Crippen LogP contribution in [0, 0.1) is 0 Å². The molecule has 2 aromatic carbocycles. The average molecular weight is 380 g/mol. The summed E-state index contributed by atoms with van der Waals surface area (Å²) in [5.41, 5.74) is 3.51. The lowest BCUT2D eigenvalue weighted by molar-refractivity contribution is -0.138. The van der Waals surface area contributed by atoms with Gasteiger partial charge in [0.15, 0.2) is 0 Å². The summed E-state index contributed by atoms with van der Waals surface area (Å²) in [5.74, 6) is 0.185. The van der Waals surface area contributed by atoms with Crippen molar-refractivity contribution in [1.29, 1.82) is 0 Å². The van der Waals surface area contributed by atoms with E-state index in [1.165, 1.54) is 4.90 Å². The Balaban J connectivity index is 1.92. The van der Waals surface area contributed by atoms with Crippen molar-refractivity contribution in [2.75, 3.05) is 25.6 Å². The Hall–Kier alpha value is -3.28. The van der Waals surface area contributed by atoms with Crippen molar-refractivity contribution in [2.24, 2.45) is 0 Å². The molecule has 0 aromatic heterocycles. The normalized spacial score (nSPS) is 12.7. The number of esters is 1. The van der Waals surface area contributed by atoms with Crippen LogP contribution in [0.25, 0.3) is 0 Å². The van der Waals surface area contributed by atoms with Gasteiger partial charge in [-0.1, -0.05) is 36.4 Å². The van der Waals surface area contributed by atoms with E-state index >= 15 is 0 Å². The lowest BCUT2D eigenvalue weighted by atomic mass is 9.99. The fourth-order valence-corrected chi connectivity index (χ4v) is 3.03. The number of para-hydroxylation sites is 2. The van der Waals surface area contributed by atoms with Gasteiger partial charge in [-0.15, -0.1) is 0 Å². The highest BCUT2D eigenvalue weighted by atomic mass is 16.6. The molecule has 1 aliphatic heterocycles. The van der Waals surface area contributed by atoms with Crippen molar-refractivity contribution >= 4 is 17.7 Å². The lowest BCUT2D eigenvalue weighted by Gasteiger charge is -2.29. The van der Waals surface area contributed by atoms with Crippen LogP contribution >= 0.6 is 0 Å². The number of hydrogen-bond acceptors (Lipinski definition) is 5. The van der Waals surface area contributed by atoms with Crippen LogP contribution in [-0.4, -0.2) is 37.7 Å². The van der Waals surface area contributed by atoms with Crippen LogP contribution in [0.2, 0.25) is 0 Å². The van der Waals surface area contributed by atoms with Gasteiger partial charge in [0.2, 0.25) is 0 Å². The fraction of sp³-hybridized carbons (Fsp3) is 0.273. The minimum atomic E-state index is -0.436. The van der Waals surface area contributed by atoms with Gasteiger partial charge in [0.25, 0.3) is 0 Å². The second-order valence-electron chi connectivity index (χ2n) is 6.68. The molecular formula is C22H24N2O4. The van der Waals surface area contributed by atoms with Gasteiger partial charge >= 0.3 is 12.1 Å². The Bertz CT molecular complexity index is 905. The SMILES string of the molecule is CCOC(=O)C1=CN(Cc2ccccc2OC(=O)N(C)C)c2ccccc2C1. The Morgan fingerprint density at radius 1 is 1.07 bits per heavy atom. The highest BCUT2D eigenvalue weighted by Gasteiger charge is 2.23. The van der Waals surface area contributed by atoms with Gasteiger partial charge in [-0.25, -0.2) is 9.59 Å². The summed E-state index contributed by atoms with van der Waals surface area (Å²) < 4.78 is 10.7. The van der Waals surface area contributed by atoms with Gasteiger partial charge < -0.3 is 19.3 Å². The zero-order valence-corrected chi connectivity index (χ0v) is 16.3. The van der Waals surface area contributed by atoms with E-state index in [0.29, 0.717) is 30.9 Å². The number of anilines is 1. The summed E-state index contributed by atoms with van der Waals surface area (Å²) in [7, 11) is 3.28. The molecule has 1 amide bonds. The van der Waals surface area contributed by atoms with E-state index in [9.17, 15) is 9.59 Å². The van der Waals surface area contributed by atoms with Crippen LogP contribution in [0.5, 0.6) is 5.75 Å². The van der Waals surface area contributed by atoms with Crippen molar-refractivity contribution in [3.8, 4) is 5.75 Å². The van der Waals surface area contributed by atoms with Crippen molar-refractivity contribution < 1.29 is 19.1 Å². The monoisotopic (exact) mass is 380 g/mol. The fourth-order valence-electron chi connectivity index (χ4n) is 3.03. The van der Waals surface area contributed by atoms with Crippen LogP contribution in [0.4, 0.5) is 10.5 Å². The summed E-state index contributed by atoms with van der Waals surface area (Å²) in [4.78, 5) is 27.7. The average Bonchev–Trinajstić information content (AvgIpc) is 2.69. The zero-order valence-electron chi connectivity index (χ0n) is 16.3. The molecule has 0 N–H and O–H groups in total. The number of carbonyl (C=O) groups is 2. The number of amides is 1. The predicted octanol–water partition coefficient (Wildman–Crippen LogP) is 3.76. The van der Waals surface area contributed by atoms with E-state index in [0.717, 1.165) is 16.8 Å². The van der Waals surface area contributed by atoms with Gasteiger partial charge in [-0.3, -0.25) is 0 Å². The first kappa shape index (κ1) is 19.5. The molecule has 0 saturated heterocycles. The maximum absolute atomic E-state index is 12.3. The third kappa shape index (κ3) is 4.34. The number of fused-ring (bicyclic) bond motifs is 1. The van der Waals surface area contributed by atoms with Crippen molar-refractivity contribution in [1.82, 2.24) is 4.90 Å². The molecule has 146 valence electrons. The second kappa shape index (κ2) is 8.61. The number of hydrogen-bond donors (Lipinski definition) is 0. The maximum Gasteiger partial charge on any atom is 0.414 e. The van der Waals surface area contributed by atoms with Gasteiger partial charge in [0, 0.05) is 38.0 Å². The predicted molar refractivity (Wildman–Crippen MR) is 107 cm³/mol. The molecule has 3 rings (SSSR count). The molecule has 1 heterocycles.